The maximum atomic E-state index is 13.6. The lowest BCUT2D eigenvalue weighted by atomic mass is 9.91. The first kappa shape index (κ1) is 26.9. The van der Waals surface area contributed by atoms with Gasteiger partial charge in [0.2, 0.25) is 5.91 Å². The SMILES string of the molecule is C[C@@H](c1ccccc1)[C@@H](C(=O)Nc1ccc(I)cc1Cl)N1C(=O)N[C@H](c2ccc(OCCO)cc2)C1=O. The fraction of sp³-hybridized carbons (Fsp3) is 0.222. The molecule has 4 rings (SSSR count). The predicted octanol–water partition coefficient (Wildman–Crippen LogP) is 4.72. The number of urea groups is 1. The van der Waals surface area contributed by atoms with Gasteiger partial charge in [0.1, 0.15) is 24.4 Å². The highest BCUT2D eigenvalue weighted by molar-refractivity contribution is 14.1. The van der Waals surface area contributed by atoms with Crippen molar-refractivity contribution in [1.29, 1.82) is 0 Å². The second-order valence-corrected chi connectivity index (χ2v) is 10.1. The summed E-state index contributed by atoms with van der Waals surface area (Å²) in [5.74, 6) is -1.05. The highest BCUT2D eigenvalue weighted by atomic mass is 127. The third-order valence-electron chi connectivity index (χ3n) is 6.08. The van der Waals surface area contributed by atoms with E-state index in [1.807, 2.05) is 30.3 Å². The number of carbonyl (C=O) groups excluding carboxylic acids is 3. The molecule has 1 heterocycles. The molecule has 0 unspecified atom stereocenters. The van der Waals surface area contributed by atoms with Crippen molar-refractivity contribution in [3.63, 3.8) is 0 Å². The lowest BCUT2D eigenvalue weighted by Crippen LogP contribution is -2.50. The Morgan fingerprint density at radius 3 is 2.49 bits per heavy atom. The van der Waals surface area contributed by atoms with Gasteiger partial charge in [-0.1, -0.05) is 61.0 Å². The first-order valence-electron chi connectivity index (χ1n) is 11.6. The fourth-order valence-corrected chi connectivity index (χ4v) is 5.11. The summed E-state index contributed by atoms with van der Waals surface area (Å²) in [4.78, 5) is 41.4. The molecule has 0 radical (unpaired) electrons. The first-order chi connectivity index (χ1) is 17.8. The number of nitrogens with zero attached hydrogens (tertiary/aromatic N) is 1. The number of aliphatic hydroxyl groups excluding tert-OH is 1. The molecule has 192 valence electrons. The number of aliphatic hydroxyl groups is 1. The Balaban J connectivity index is 1.64. The van der Waals surface area contributed by atoms with Gasteiger partial charge in [-0.05, 0) is 64.0 Å². The molecule has 4 amide bonds. The van der Waals surface area contributed by atoms with Crippen molar-refractivity contribution >= 4 is 57.7 Å². The second-order valence-electron chi connectivity index (χ2n) is 8.49. The number of hydrogen-bond donors (Lipinski definition) is 3. The maximum Gasteiger partial charge on any atom is 0.325 e. The molecule has 1 fully saturated rings. The molecule has 1 aliphatic rings. The lowest BCUT2D eigenvalue weighted by molar-refractivity contribution is -0.134. The lowest BCUT2D eigenvalue weighted by Gasteiger charge is -2.30. The summed E-state index contributed by atoms with van der Waals surface area (Å²) in [6, 6.07) is 18.3. The molecule has 0 saturated carbocycles. The first-order valence-corrected chi connectivity index (χ1v) is 13.0. The summed E-state index contributed by atoms with van der Waals surface area (Å²) in [6.45, 7) is 1.83. The Kier molecular flexibility index (Phi) is 8.67. The van der Waals surface area contributed by atoms with E-state index in [2.05, 4.69) is 33.2 Å². The molecule has 0 spiro atoms. The van der Waals surface area contributed by atoms with Crippen molar-refractivity contribution in [3.05, 3.63) is 92.5 Å². The van der Waals surface area contributed by atoms with E-state index in [1.165, 1.54) is 0 Å². The van der Waals surface area contributed by atoms with E-state index < -0.39 is 35.8 Å². The van der Waals surface area contributed by atoms with E-state index in [-0.39, 0.29) is 13.2 Å². The zero-order valence-electron chi connectivity index (χ0n) is 19.9. The van der Waals surface area contributed by atoms with Crippen molar-refractivity contribution < 1.29 is 24.2 Å². The molecule has 3 aromatic carbocycles. The van der Waals surface area contributed by atoms with Crippen LogP contribution in [0.4, 0.5) is 10.5 Å². The largest absolute Gasteiger partial charge is 0.491 e. The number of hydrogen-bond acceptors (Lipinski definition) is 5. The van der Waals surface area contributed by atoms with Gasteiger partial charge in [0.05, 0.1) is 17.3 Å². The molecule has 37 heavy (non-hydrogen) atoms. The minimum atomic E-state index is -1.14. The zero-order valence-corrected chi connectivity index (χ0v) is 22.8. The molecule has 3 N–H and O–H groups in total. The number of nitrogens with one attached hydrogen (secondary N) is 2. The topological polar surface area (TPSA) is 108 Å². The molecule has 0 aromatic heterocycles. The van der Waals surface area contributed by atoms with Crippen LogP contribution in [0, 0.1) is 3.57 Å². The smallest absolute Gasteiger partial charge is 0.325 e. The Morgan fingerprint density at radius 2 is 1.84 bits per heavy atom. The van der Waals surface area contributed by atoms with Gasteiger partial charge < -0.3 is 20.5 Å². The number of carbonyl (C=O) groups is 3. The summed E-state index contributed by atoms with van der Waals surface area (Å²) in [6.07, 6.45) is 0. The highest BCUT2D eigenvalue weighted by Gasteiger charge is 2.47. The maximum absolute atomic E-state index is 13.6. The normalized spacial score (nSPS) is 16.8. The van der Waals surface area contributed by atoms with Crippen LogP contribution in [0.1, 0.15) is 30.0 Å². The van der Waals surface area contributed by atoms with Crippen LogP contribution in [0.5, 0.6) is 5.75 Å². The van der Waals surface area contributed by atoms with Crippen LogP contribution >= 0.6 is 34.2 Å². The number of amides is 4. The molecule has 3 aromatic rings. The van der Waals surface area contributed by atoms with Crippen LogP contribution < -0.4 is 15.4 Å². The summed E-state index contributed by atoms with van der Waals surface area (Å²) in [5.41, 5.74) is 1.73. The van der Waals surface area contributed by atoms with E-state index in [0.717, 1.165) is 14.0 Å². The van der Waals surface area contributed by atoms with E-state index >= 15 is 0 Å². The number of halogens is 2. The molecule has 0 bridgehead atoms. The molecule has 1 saturated heterocycles. The quantitative estimate of drug-likeness (QED) is 0.234. The van der Waals surface area contributed by atoms with Gasteiger partial charge in [0.25, 0.3) is 5.91 Å². The van der Waals surface area contributed by atoms with Gasteiger partial charge in [-0.15, -0.1) is 0 Å². The number of benzene rings is 3. The molecular weight excluding hydrogens is 609 g/mol. The minimum Gasteiger partial charge on any atom is -0.491 e. The summed E-state index contributed by atoms with van der Waals surface area (Å²) < 4.78 is 6.27. The predicted molar refractivity (Wildman–Crippen MR) is 149 cm³/mol. The monoisotopic (exact) mass is 633 g/mol. The zero-order chi connectivity index (χ0) is 26.5. The standard InChI is InChI=1S/C27H25ClIN3O5/c1-16(17-5-3-2-4-6-17)24(25(34)30-22-12-9-19(29)15-21(22)28)32-26(35)23(31-27(32)36)18-7-10-20(11-8-18)37-14-13-33/h2-12,15-16,23-24,33H,13-14H2,1H3,(H,30,34)(H,31,36)/t16-,23+,24-/m0/s1. The second kappa shape index (κ2) is 11.9. The van der Waals surface area contributed by atoms with Crippen molar-refractivity contribution in [2.75, 3.05) is 18.5 Å². The average Bonchev–Trinajstić information content (AvgIpc) is 3.19. The fourth-order valence-electron chi connectivity index (χ4n) is 4.21. The number of anilines is 1. The number of imide groups is 1. The molecular formula is C27H25ClIN3O5. The van der Waals surface area contributed by atoms with Crippen molar-refractivity contribution in [3.8, 4) is 5.75 Å². The van der Waals surface area contributed by atoms with Gasteiger partial charge in [-0.3, -0.25) is 9.59 Å². The Bertz CT molecular complexity index is 1290. The number of ether oxygens (including phenoxy) is 1. The minimum absolute atomic E-state index is 0.121. The van der Waals surface area contributed by atoms with Gasteiger partial charge in [0.15, 0.2) is 0 Å². The Morgan fingerprint density at radius 1 is 1.14 bits per heavy atom. The molecule has 8 nitrogen and oxygen atoms in total. The average molecular weight is 634 g/mol. The Hall–Kier alpha value is -3.15. The summed E-state index contributed by atoms with van der Waals surface area (Å²) >= 11 is 8.45. The summed E-state index contributed by atoms with van der Waals surface area (Å²) in [5, 5.41) is 14.8. The van der Waals surface area contributed by atoms with Gasteiger partial charge >= 0.3 is 6.03 Å². The van der Waals surface area contributed by atoms with Crippen LogP contribution in [0.2, 0.25) is 5.02 Å². The molecule has 0 aliphatic carbocycles. The third kappa shape index (κ3) is 6.06. The van der Waals surface area contributed by atoms with Crippen molar-refractivity contribution in [1.82, 2.24) is 10.2 Å². The van der Waals surface area contributed by atoms with E-state index in [9.17, 15) is 14.4 Å². The van der Waals surface area contributed by atoms with Crippen LogP contribution in [0.25, 0.3) is 0 Å². The van der Waals surface area contributed by atoms with Crippen LogP contribution in [0.15, 0.2) is 72.8 Å². The van der Waals surface area contributed by atoms with E-state index in [4.69, 9.17) is 21.4 Å². The highest BCUT2D eigenvalue weighted by Crippen LogP contribution is 2.32. The van der Waals surface area contributed by atoms with E-state index in [0.29, 0.717) is 22.0 Å². The van der Waals surface area contributed by atoms with Gasteiger partial charge in [-0.25, -0.2) is 9.69 Å². The van der Waals surface area contributed by atoms with Crippen molar-refractivity contribution in [2.45, 2.75) is 24.9 Å². The molecule has 10 heteroatoms. The molecule has 3 atom stereocenters. The Labute approximate surface area is 233 Å². The van der Waals surface area contributed by atoms with Crippen LogP contribution in [-0.2, 0) is 9.59 Å². The van der Waals surface area contributed by atoms with Gasteiger partial charge in [0, 0.05) is 9.49 Å². The van der Waals surface area contributed by atoms with Crippen LogP contribution in [0.3, 0.4) is 0 Å². The summed E-state index contributed by atoms with van der Waals surface area (Å²) in [7, 11) is 0. The third-order valence-corrected chi connectivity index (χ3v) is 7.06. The number of rotatable bonds is 9. The molecule has 1 aliphatic heterocycles. The van der Waals surface area contributed by atoms with Crippen molar-refractivity contribution in [2.24, 2.45) is 0 Å². The van der Waals surface area contributed by atoms with E-state index in [1.54, 1.807) is 49.4 Å². The van der Waals surface area contributed by atoms with Crippen LogP contribution in [-0.4, -0.2) is 47.1 Å². The van der Waals surface area contributed by atoms with Gasteiger partial charge in [-0.2, -0.15) is 0 Å².